The third-order valence-corrected chi connectivity index (χ3v) is 4.28. The molecule has 0 saturated carbocycles. The molecule has 126 valence electrons. The number of carbonyl (C=O) groups excluding carboxylic acids is 2. The van der Waals surface area contributed by atoms with E-state index >= 15 is 0 Å². The molecule has 23 heavy (non-hydrogen) atoms. The Bertz CT molecular complexity index is 667. The van der Waals surface area contributed by atoms with E-state index in [0.717, 1.165) is 12.8 Å². The predicted octanol–water partition coefficient (Wildman–Crippen LogP) is 2.18. The number of hydrogen-bond donors (Lipinski definition) is 1. The maximum Gasteiger partial charge on any atom is 0.338 e. The van der Waals surface area contributed by atoms with Gasteiger partial charge in [-0.05, 0) is 24.6 Å². The Labute approximate surface area is 136 Å². The van der Waals surface area contributed by atoms with Crippen molar-refractivity contribution in [1.29, 1.82) is 0 Å². The van der Waals surface area contributed by atoms with Crippen molar-refractivity contribution in [1.82, 2.24) is 0 Å². The number of sulfone groups is 1. The summed E-state index contributed by atoms with van der Waals surface area (Å²) in [7, 11) is -3.51. The van der Waals surface area contributed by atoms with E-state index in [1.165, 1.54) is 12.1 Å². The van der Waals surface area contributed by atoms with Crippen molar-refractivity contribution in [3.8, 4) is 0 Å². The summed E-state index contributed by atoms with van der Waals surface area (Å²) in [4.78, 5) is 23.6. The number of esters is 1. The number of hydrogen-bond acceptors (Lipinski definition) is 5. The summed E-state index contributed by atoms with van der Waals surface area (Å²) in [6.45, 7) is 5.67. The Morgan fingerprint density at radius 1 is 1.35 bits per heavy atom. The highest BCUT2D eigenvalue weighted by Gasteiger charge is 2.15. The van der Waals surface area contributed by atoms with Crippen molar-refractivity contribution < 1.29 is 22.7 Å². The van der Waals surface area contributed by atoms with E-state index in [0.29, 0.717) is 17.9 Å². The van der Waals surface area contributed by atoms with Gasteiger partial charge in [0.15, 0.2) is 9.84 Å². The molecule has 0 heterocycles. The molecule has 0 spiro atoms. The minimum atomic E-state index is -3.51. The number of benzene rings is 1. The molecule has 0 saturated heterocycles. The van der Waals surface area contributed by atoms with Gasteiger partial charge in [-0.25, -0.2) is 13.2 Å². The molecular weight excluding hydrogens is 318 g/mol. The Morgan fingerprint density at radius 2 is 2.09 bits per heavy atom. The second kappa shape index (κ2) is 9.09. The highest BCUT2D eigenvalue weighted by atomic mass is 32.2. The normalized spacial score (nSPS) is 10.8. The van der Waals surface area contributed by atoms with Crippen molar-refractivity contribution in [3.63, 3.8) is 0 Å². The summed E-state index contributed by atoms with van der Waals surface area (Å²) < 4.78 is 28.2. The Hall–Kier alpha value is -2.15. The molecule has 1 N–H and O–H groups in total. The molecule has 7 heteroatoms. The molecule has 0 unspecified atom stereocenters. The molecule has 1 amide bonds. The first-order valence-electron chi connectivity index (χ1n) is 7.26. The SMILES string of the molecule is C=CCS(=O)(=O)CC(=O)Nc1cccc(C(=O)OCCCC)c1. The fourth-order valence-corrected chi connectivity index (χ4v) is 2.70. The van der Waals surface area contributed by atoms with Crippen LogP contribution in [-0.2, 0) is 19.4 Å². The van der Waals surface area contributed by atoms with E-state index in [-0.39, 0.29) is 5.75 Å². The van der Waals surface area contributed by atoms with E-state index in [1.807, 2.05) is 6.92 Å². The Kier molecular flexibility index (Phi) is 7.47. The second-order valence-corrected chi connectivity index (χ2v) is 7.07. The van der Waals surface area contributed by atoms with Crippen molar-refractivity contribution in [2.45, 2.75) is 19.8 Å². The van der Waals surface area contributed by atoms with E-state index in [9.17, 15) is 18.0 Å². The van der Waals surface area contributed by atoms with Crippen LogP contribution in [-0.4, -0.2) is 38.4 Å². The molecule has 1 aromatic carbocycles. The largest absolute Gasteiger partial charge is 0.462 e. The topological polar surface area (TPSA) is 89.5 Å². The van der Waals surface area contributed by atoms with Crippen LogP contribution in [0, 0.1) is 0 Å². The lowest BCUT2D eigenvalue weighted by Crippen LogP contribution is -2.24. The van der Waals surface area contributed by atoms with Crippen LogP contribution in [0.3, 0.4) is 0 Å². The Balaban J connectivity index is 2.68. The molecule has 0 radical (unpaired) electrons. The lowest BCUT2D eigenvalue weighted by Gasteiger charge is -2.08. The van der Waals surface area contributed by atoms with Crippen LogP contribution in [0.4, 0.5) is 5.69 Å². The first kappa shape index (κ1) is 18.9. The van der Waals surface area contributed by atoms with Crippen molar-refractivity contribution >= 4 is 27.4 Å². The zero-order chi connectivity index (χ0) is 17.3. The summed E-state index contributed by atoms with van der Waals surface area (Å²) >= 11 is 0. The monoisotopic (exact) mass is 339 g/mol. The van der Waals surface area contributed by atoms with Gasteiger partial charge in [-0.3, -0.25) is 4.79 Å². The number of carbonyl (C=O) groups is 2. The molecule has 6 nitrogen and oxygen atoms in total. The number of unbranched alkanes of at least 4 members (excludes halogenated alkanes) is 1. The number of ether oxygens (including phenoxy) is 1. The summed E-state index contributed by atoms with van der Waals surface area (Å²) in [6.07, 6.45) is 2.93. The van der Waals surface area contributed by atoms with Crippen LogP contribution in [0.25, 0.3) is 0 Å². The van der Waals surface area contributed by atoms with Gasteiger partial charge in [0.25, 0.3) is 0 Å². The van der Waals surface area contributed by atoms with Gasteiger partial charge in [0, 0.05) is 5.69 Å². The van der Waals surface area contributed by atoms with Crippen molar-refractivity contribution in [3.05, 3.63) is 42.5 Å². The Morgan fingerprint density at radius 3 is 2.74 bits per heavy atom. The summed E-state index contributed by atoms with van der Waals surface area (Å²) in [5.41, 5.74) is 0.640. The summed E-state index contributed by atoms with van der Waals surface area (Å²) in [5, 5.41) is 2.46. The number of rotatable bonds is 9. The molecule has 0 aliphatic carbocycles. The number of amides is 1. The van der Waals surface area contributed by atoms with E-state index in [1.54, 1.807) is 18.2 Å². The zero-order valence-electron chi connectivity index (χ0n) is 13.1. The van der Waals surface area contributed by atoms with Crippen molar-refractivity contribution in [2.75, 3.05) is 23.4 Å². The maximum absolute atomic E-state index is 11.8. The van der Waals surface area contributed by atoms with Crippen LogP contribution < -0.4 is 5.32 Å². The van der Waals surface area contributed by atoms with Gasteiger partial charge in [-0.1, -0.05) is 25.5 Å². The molecule has 0 aliphatic rings. The predicted molar refractivity (Wildman–Crippen MR) is 89.1 cm³/mol. The van der Waals surface area contributed by atoms with Crippen LogP contribution in [0.15, 0.2) is 36.9 Å². The van der Waals surface area contributed by atoms with E-state index in [2.05, 4.69) is 11.9 Å². The minimum absolute atomic E-state index is 0.260. The fourth-order valence-electron chi connectivity index (χ4n) is 1.75. The highest BCUT2D eigenvalue weighted by Crippen LogP contribution is 2.12. The standard InChI is InChI=1S/C16H21NO5S/c1-3-5-9-22-16(19)13-7-6-8-14(11-13)17-15(18)12-23(20,21)10-4-2/h4,6-8,11H,2-3,5,9-10,12H2,1H3,(H,17,18). The fraction of sp³-hybridized carbons (Fsp3) is 0.375. The zero-order valence-corrected chi connectivity index (χ0v) is 13.9. The average molecular weight is 339 g/mol. The third-order valence-electron chi connectivity index (χ3n) is 2.84. The van der Waals surface area contributed by atoms with Gasteiger partial charge in [0.2, 0.25) is 5.91 Å². The molecule has 0 bridgehead atoms. The van der Waals surface area contributed by atoms with Gasteiger partial charge >= 0.3 is 5.97 Å². The van der Waals surface area contributed by atoms with E-state index in [4.69, 9.17) is 4.74 Å². The lowest BCUT2D eigenvalue weighted by atomic mass is 10.2. The van der Waals surface area contributed by atoms with Crippen LogP contribution in [0.5, 0.6) is 0 Å². The summed E-state index contributed by atoms with van der Waals surface area (Å²) in [5.74, 6) is -2.04. The highest BCUT2D eigenvalue weighted by molar-refractivity contribution is 7.92. The molecular formula is C16H21NO5S. The van der Waals surface area contributed by atoms with Crippen LogP contribution in [0.1, 0.15) is 30.1 Å². The van der Waals surface area contributed by atoms with E-state index < -0.39 is 27.5 Å². The van der Waals surface area contributed by atoms with Gasteiger partial charge in [-0.15, -0.1) is 6.58 Å². The molecule has 0 atom stereocenters. The summed E-state index contributed by atoms with van der Waals surface area (Å²) in [6, 6.07) is 6.18. The molecule has 1 aromatic rings. The number of nitrogens with one attached hydrogen (secondary N) is 1. The maximum atomic E-state index is 11.8. The molecule has 0 aliphatic heterocycles. The first-order valence-corrected chi connectivity index (χ1v) is 9.08. The molecule has 0 aromatic heterocycles. The van der Waals surface area contributed by atoms with Gasteiger partial charge in [0.1, 0.15) is 5.75 Å². The molecule has 1 rings (SSSR count). The quantitative estimate of drug-likeness (QED) is 0.423. The van der Waals surface area contributed by atoms with Gasteiger partial charge < -0.3 is 10.1 Å². The average Bonchev–Trinajstić information content (AvgIpc) is 2.46. The van der Waals surface area contributed by atoms with Gasteiger partial charge in [0.05, 0.1) is 17.9 Å². The molecule has 0 fully saturated rings. The smallest absolute Gasteiger partial charge is 0.338 e. The number of anilines is 1. The first-order chi connectivity index (χ1) is 10.9. The third kappa shape index (κ3) is 7.10. The minimum Gasteiger partial charge on any atom is -0.462 e. The van der Waals surface area contributed by atoms with Crippen molar-refractivity contribution in [2.24, 2.45) is 0 Å². The van der Waals surface area contributed by atoms with Gasteiger partial charge in [-0.2, -0.15) is 0 Å². The van der Waals surface area contributed by atoms with Crippen LogP contribution in [0.2, 0.25) is 0 Å². The second-order valence-electron chi connectivity index (χ2n) is 4.96. The van der Waals surface area contributed by atoms with Crippen LogP contribution >= 0.6 is 0 Å². The lowest BCUT2D eigenvalue weighted by molar-refractivity contribution is -0.113.